The van der Waals surface area contributed by atoms with Crippen LogP contribution in [0.15, 0.2) is 36.7 Å². The first-order chi connectivity index (χ1) is 9.24. The Bertz CT molecular complexity index is 516. The highest BCUT2D eigenvalue weighted by Crippen LogP contribution is 2.13. The van der Waals surface area contributed by atoms with E-state index in [9.17, 15) is 4.79 Å². The smallest absolute Gasteiger partial charge is 0.228 e. The molecular formula is C13H17N5O. The van der Waals surface area contributed by atoms with Gasteiger partial charge in [-0.05, 0) is 30.7 Å². The lowest BCUT2D eigenvalue weighted by Crippen LogP contribution is -2.28. The fourth-order valence-corrected chi connectivity index (χ4v) is 1.73. The van der Waals surface area contributed by atoms with E-state index in [1.165, 1.54) is 4.80 Å². The predicted molar refractivity (Wildman–Crippen MR) is 72.8 cm³/mol. The molecule has 1 amide bonds. The van der Waals surface area contributed by atoms with Gasteiger partial charge in [0.15, 0.2) is 0 Å². The van der Waals surface area contributed by atoms with Crippen molar-refractivity contribution in [1.82, 2.24) is 15.0 Å². The Kier molecular flexibility index (Phi) is 4.25. The number of nitrogens with two attached hydrogens (primary N) is 1. The summed E-state index contributed by atoms with van der Waals surface area (Å²) in [6.07, 6.45) is 3.96. The molecule has 3 N–H and O–H groups in total. The van der Waals surface area contributed by atoms with Crippen molar-refractivity contribution in [3.63, 3.8) is 0 Å². The number of carbonyl (C=O) groups excluding carboxylic acids is 1. The maximum absolute atomic E-state index is 11.9. The van der Waals surface area contributed by atoms with E-state index in [2.05, 4.69) is 15.5 Å². The summed E-state index contributed by atoms with van der Waals surface area (Å²) < 4.78 is 0. The SMILES string of the molecule is CCC(CN)C(=O)Nc1ccc(-n2nccn2)cc1. The largest absolute Gasteiger partial charge is 0.330 e. The molecule has 2 rings (SSSR count). The van der Waals surface area contributed by atoms with Crippen LogP contribution in [0.3, 0.4) is 0 Å². The lowest BCUT2D eigenvalue weighted by Gasteiger charge is -2.12. The van der Waals surface area contributed by atoms with E-state index in [-0.39, 0.29) is 11.8 Å². The van der Waals surface area contributed by atoms with Crippen molar-refractivity contribution < 1.29 is 4.79 Å². The van der Waals surface area contributed by atoms with Crippen LogP contribution in [0.2, 0.25) is 0 Å². The summed E-state index contributed by atoms with van der Waals surface area (Å²) in [5.41, 5.74) is 7.13. The van der Waals surface area contributed by atoms with E-state index < -0.39 is 0 Å². The first kappa shape index (κ1) is 13.2. The van der Waals surface area contributed by atoms with Gasteiger partial charge in [-0.25, -0.2) is 0 Å². The van der Waals surface area contributed by atoms with Gasteiger partial charge in [0.25, 0.3) is 0 Å². The average molecular weight is 259 g/mol. The zero-order valence-corrected chi connectivity index (χ0v) is 10.8. The van der Waals surface area contributed by atoms with Gasteiger partial charge in [0.2, 0.25) is 5.91 Å². The van der Waals surface area contributed by atoms with Gasteiger partial charge in [0.05, 0.1) is 24.0 Å². The number of hydrogen-bond acceptors (Lipinski definition) is 4. The van der Waals surface area contributed by atoms with Crippen molar-refractivity contribution in [2.45, 2.75) is 13.3 Å². The van der Waals surface area contributed by atoms with Crippen molar-refractivity contribution in [2.24, 2.45) is 11.7 Å². The third kappa shape index (κ3) is 3.17. The Labute approximate surface area is 111 Å². The van der Waals surface area contributed by atoms with Crippen molar-refractivity contribution >= 4 is 11.6 Å². The van der Waals surface area contributed by atoms with Crippen molar-refractivity contribution in [2.75, 3.05) is 11.9 Å². The average Bonchev–Trinajstić information content (AvgIpc) is 2.95. The van der Waals surface area contributed by atoms with Crippen LogP contribution in [0.1, 0.15) is 13.3 Å². The first-order valence-corrected chi connectivity index (χ1v) is 6.22. The van der Waals surface area contributed by atoms with E-state index in [4.69, 9.17) is 5.73 Å². The molecule has 1 unspecified atom stereocenters. The number of hydrogen-bond donors (Lipinski definition) is 2. The van der Waals surface area contributed by atoms with Gasteiger partial charge >= 0.3 is 0 Å². The molecular weight excluding hydrogens is 242 g/mol. The maximum atomic E-state index is 11.9. The van der Waals surface area contributed by atoms with Crippen LogP contribution in [0.25, 0.3) is 5.69 Å². The molecule has 0 aliphatic rings. The fraction of sp³-hybridized carbons (Fsp3) is 0.308. The summed E-state index contributed by atoms with van der Waals surface area (Å²) in [4.78, 5) is 13.4. The number of nitrogens with one attached hydrogen (secondary N) is 1. The molecule has 0 bridgehead atoms. The highest BCUT2D eigenvalue weighted by Gasteiger charge is 2.14. The second kappa shape index (κ2) is 6.10. The van der Waals surface area contributed by atoms with Crippen molar-refractivity contribution in [3.8, 4) is 5.69 Å². The van der Waals surface area contributed by atoms with E-state index >= 15 is 0 Å². The van der Waals surface area contributed by atoms with Gasteiger partial charge in [0.1, 0.15) is 0 Å². The molecule has 0 aliphatic carbocycles. The van der Waals surface area contributed by atoms with Crippen molar-refractivity contribution in [3.05, 3.63) is 36.7 Å². The van der Waals surface area contributed by atoms with Crippen LogP contribution in [-0.4, -0.2) is 27.4 Å². The maximum Gasteiger partial charge on any atom is 0.228 e. The number of anilines is 1. The number of carbonyl (C=O) groups is 1. The number of rotatable bonds is 5. The van der Waals surface area contributed by atoms with Gasteiger partial charge in [-0.2, -0.15) is 15.0 Å². The van der Waals surface area contributed by atoms with Crippen molar-refractivity contribution in [1.29, 1.82) is 0 Å². The Morgan fingerprint density at radius 1 is 1.32 bits per heavy atom. The normalized spacial score (nSPS) is 12.1. The molecule has 0 saturated carbocycles. The lowest BCUT2D eigenvalue weighted by molar-refractivity contribution is -0.119. The third-order valence-corrected chi connectivity index (χ3v) is 2.93. The Balaban J connectivity index is 2.05. The van der Waals surface area contributed by atoms with Gasteiger partial charge in [-0.3, -0.25) is 4.79 Å². The van der Waals surface area contributed by atoms with Gasteiger partial charge in [0, 0.05) is 12.2 Å². The molecule has 6 heteroatoms. The molecule has 0 saturated heterocycles. The molecule has 1 aromatic carbocycles. The Hall–Kier alpha value is -2.21. The second-order valence-corrected chi connectivity index (χ2v) is 4.20. The zero-order chi connectivity index (χ0) is 13.7. The van der Waals surface area contributed by atoms with E-state index in [0.717, 1.165) is 17.8 Å². The molecule has 2 aromatic rings. The molecule has 0 aliphatic heterocycles. The van der Waals surface area contributed by atoms with Crippen LogP contribution in [0.5, 0.6) is 0 Å². The second-order valence-electron chi connectivity index (χ2n) is 4.20. The summed E-state index contributed by atoms with van der Waals surface area (Å²) in [6, 6.07) is 7.33. The Morgan fingerprint density at radius 3 is 2.47 bits per heavy atom. The molecule has 1 heterocycles. The number of amides is 1. The summed E-state index contributed by atoms with van der Waals surface area (Å²) in [5.74, 6) is -0.192. The lowest BCUT2D eigenvalue weighted by atomic mass is 10.1. The molecule has 0 spiro atoms. The summed E-state index contributed by atoms with van der Waals surface area (Å²) in [7, 11) is 0. The van der Waals surface area contributed by atoms with Crippen LogP contribution < -0.4 is 11.1 Å². The molecule has 19 heavy (non-hydrogen) atoms. The van der Waals surface area contributed by atoms with Gasteiger partial charge in [-0.1, -0.05) is 6.92 Å². The quantitative estimate of drug-likeness (QED) is 0.844. The summed E-state index contributed by atoms with van der Waals surface area (Å²) >= 11 is 0. The highest BCUT2D eigenvalue weighted by atomic mass is 16.1. The third-order valence-electron chi connectivity index (χ3n) is 2.93. The minimum atomic E-state index is -0.146. The topological polar surface area (TPSA) is 85.8 Å². The van der Waals surface area contributed by atoms with E-state index in [1.807, 2.05) is 31.2 Å². The zero-order valence-electron chi connectivity index (χ0n) is 10.8. The van der Waals surface area contributed by atoms with Crippen LogP contribution in [-0.2, 0) is 4.79 Å². The molecule has 0 fully saturated rings. The van der Waals surface area contributed by atoms with Crippen LogP contribution >= 0.6 is 0 Å². The monoisotopic (exact) mass is 259 g/mol. The highest BCUT2D eigenvalue weighted by molar-refractivity contribution is 5.92. The van der Waals surface area contributed by atoms with Crippen LogP contribution in [0, 0.1) is 5.92 Å². The predicted octanol–water partition coefficient (Wildman–Crippen LogP) is 1.19. The van der Waals surface area contributed by atoms with E-state index in [0.29, 0.717) is 6.54 Å². The minimum Gasteiger partial charge on any atom is -0.330 e. The molecule has 100 valence electrons. The molecule has 0 radical (unpaired) electrons. The van der Waals surface area contributed by atoms with Gasteiger partial charge in [-0.15, -0.1) is 0 Å². The molecule has 1 aromatic heterocycles. The fourth-order valence-electron chi connectivity index (χ4n) is 1.73. The summed E-state index contributed by atoms with van der Waals surface area (Å²) in [5, 5.41) is 10.9. The number of benzene rings is 1. The minimum absolute atomic E-state index is 0.0463. The summed E-state index contributed by atoms with van der Waals surface area (Å²) in [6.45, 7) is 2.31. The molecule has 6 nitrogen and oxygen atoms in total. The van der Waals surface area contributed by atoms with E-state index in [1.54, 1.807) is 12.4 Å². The first-order valence-electron chi connectivity index (χ1n) is 6.22. The molecule has 1 atom stereocenters. The Morgan fingerprint density at radius 2 is 1.95 bits per heavy atom. The van der Waals surface area contributed by atoms with Gasteiger partial charge < -0.3 is 11.1 Å². The van der Waals surface area contributed by atoms with Crippen LogP contribution in [0.4, 0.5) is 5.69 Å². The number of aromatic nitrogens is 3. The number of nitrogens with zero attached hydrogens (tertiary/aromatic N) is 3. The standard InChI is InChI=1S/C13H17N5O/c1-2-10(9-14)13(19)17-11-3-5-12(6-4-11)18-15-7-8-16-18/h3-8,10H,2,9,14H2,1H3,(H,17,19).